The number of aliphatic hydroxyl groups is 1. The van der Waals surface area contributed by atoms with Crippen LogP contribution in [0.25, 0.3) is 11.3 Å². The van der Waals surface area contributed by atoms with Crippen molar-refractivity contribution in [1.82, 2.24) is 15.0 Å². The van der Waals surface area contributed by atoms with Gasteiger partial charge in [0.15, 0.2) is 0 Å². The van der Waals surface area contributed by atoms with Crippen LogP contribution in [0.2, 0.25) is 10.0 Å². The van der Waals surface area contributed by atoms with Crippen LogP contribution in [0.1, 0.15) is 6.92 Å². The van der Waals surface area contributed by atoms with Crippen molar-refractivity contribution in [1.29, 1.82) is 0 Å². The van der Waals surface area contributed by atoms with E-state index in [1.165, 1.54) is 0 Å². The van der Waals surface area contributed by atoms with Crippen molar-refractivity contribution in [2.24, 2.45) is 0 Å². The van der Waals surface area contributed by atoms with Gasteiger partial charge in [-0.15, -0.1) is 0 Å². The van der Waals surface area contributed by atoms with E-state index in [0.29, 0.717) is 33.2 Å². The van der Waals surface area contributed by atoms with Gasteiger partial charge in [-0.1, -0.05) is 29.3 Å². The molecule has 0 saturated carbocycles. The summed E-state index contributed by atoms with van der Waals surface area (Å²) in [5.41, 5.74) is 2.16. The average Bonchev–Trinajstić information content (AvgIpc) is 2.66. The van der Waals surface area contributed by atoms with Gasteiger partial charge in [-0.25, -0.2) is 4.98 Å². The smallest absolute Gasteiger partial charge is 0.225 e. The Balaban J connectivity index is 2.00. The second-order valence-corrected chi connectivity index (χ2v) is 6.44. The maximum absolute atomic E-state index is 9.28. The van der Waals surface area contributed by atoms with E-state index < -0.39 is 0 Å². The van der Waals surface area contributed by atoms with Gasteiger partial charge in [0.25, 0.3) is 0 Å². The molecule has 0 unspecified atom stereocenters. The standard InChI is InChI=1S/C18H17Cl2N5O/c1-11(10-26)22-18-24-15(12-4-3-7-21-9-12)8-16(25-18)23-14-6-2-5-13(19)17(14)20/h2-9,11,26H,10H2,1H3,(H2,22,23,24,25)/t11-/m0/s1. The number of rotatable bonds is 6. The molecule has 8 heteroatoms. The summed E-state index contributed by atoms with van der Waals surface area (Å²) in [6, 6.07) is 10.7. The largest absolute Gasteiger partial charge is 0.394 e. The Morgan fingerprint density at radius 1 is 1.15 bits per heavy atom. The van der Waals surface area contributed by atoms with E-state index in [1.54, 1.807) is 30.6 Å². The summed E-state index contributed by atoms with van der Waals surface area (Å²) < 4.78 is 0. The molecule has 1 aromatic carbocycles. The van der Waals surface area contributed by atoms with E-state index in [4.69, 9.17) is 23.2 Å². The van der Waals surface area contributed by atoms with Crippen LogP contribution in [0.3, 0.4) is 0 Å². The molecule has 0 radical (unpaired) electrons. The van der Waals surface area contributed by atoms with Crippen LogP contribution in [-0.4, -0.2) is 32.7 Å². The highest BCUT2D eigenvalue weighted by molar-refractivity contribution is 6.43. The Bertz CT molecular complexity index is 892. The van der Waals surface area contributed by atoms with Gasteiger partial charge in [-0.3, -0.25) is 4.98 Å². The molecule has 3 N–H and O–H groups in total. The van der Waals surface area contributed by atoms with Crippen molar-refractivity contribution in [3.63, 3.8) is 0 Å². The lowest BCUT2D eigenvalue weighted by Gasteiger charge is -2.15. The van der Waals surface area contributed by atoms with E-state index in [-0.39, 0.29) is 12.6 Å². The summed E-state index contributed by atoms with van der Waals surface area (Å²) in [5.74, 6) is 0.921. The molecule has 0 bridgehead atoms. The molecular weight excluding hydrogens is 373 g/mol. The maximum atomic E-state index is 9.28. The fourth-order valence-corrected chi connectivity index (χ4v) is 2.59. The van der Waals surface area contributed by atoms with Gasteiger partial charge in [0.2, 0.25) is 5.95 Å². The molecule has 0 fully saturated rings. The van der Waals surface area contributed by atoms with Crippen molar-refractivity contribution < 1.29 is 5.11 Å². The van der Waals surface area contributed by atoms with Crippen molar-refractivity contribution in [2.75, 3.05) is 17.2 Å². The summed E-state index contributed by atoms with van der Waals surface area (Å²) in [5, 5.41) is 16.4. The number of nitrogens with one attached hydrogen (secondary N) is 2. The van der Waals surface area contributed by atoms with Gasteiger partial charge >= 0.3 is 0 Å². The summed E-state index contributed by atoms with van der Waals surface area (Å²) >= 11 is 12.3. The van der Waals surface area contributed by atoms with Crippen molar-refractivity contribution in [3.05, 3.63) is 58.8 Å². The second kappa shape index (κ2) is 8.31. The van der Waals surface area contributed by atoms with Gasteiger partial charge in [0, 0.05) is 30.1 Å². The number of pyridine rings is 1. The Kier molecular flexibility index (Phi) is 5.88. The van der Waals surface area contributed by atoms with E-state index in [0.717, 1.165) is 5.56 Å². The number of nitrogens with zero attached hydrogens (tertiary/aromatic N) is 3. The zero-order chi connectivity index (χ0) is 18.5. The Morgan fingerprint density at radius 3 is 2.73 bits per heavy atom. The molecule has 0 saturated heterocycles. The quantitative estimate of drug-likeness (QED) is 0.579. The lowest BCUT2D eigenvalue weighted by molar-refractivity contribution is 0.281. The highest BCUT2D eigenvalue weighted by atomic mass is 35.5. The van der Waals surface area contributed by atoms with E-state index >= 15 is 0 Å². The highest BCUT2D eigenvalue weighted by Gasteiger charge is 2.11. The predicted octanol–water partition coefficient (Wildman–Crippen LogP) is 4.38. The molecule has 0 spiro atoms. The lowest BCUT2D eigenvalue weighted by Crippen LogP contribution is -2.21. The van der Waals surface area contributed by atoms with Gasteiger partial charge < -0.3 is 15.7 Å². The zero-order valence-corrected chi connectivity index (χ0v) is 15.5. The van der Waals surface area contributed by atoms with E-state index in [2.05, 4.69) is 25.6 Å². The molecule has 3 aromatic rings. The topological polar surface area (TPSA) is 83.0 Å². The summed E-state index contributed by atoms with van der Waals surface area (Å²) in [6.45, 7) is 1.80. The monoisotopic (exact) mass is 389 g/mol. The molecule has 26 heavy (non-hydrogen) atoms. The maximum Gasteiger partial charge on any atom is 0.225 e. The highest BCUT2D eigenvalue weighted by Crippen LogP contribution is 2.32. The second-order valence-electron chi connectivity index (χ2n) is 5.66. The zero-order valence-electron chi connectivity index (χ0n) is 13.9. The molecule has 2 heterocycles. The number of aromatic nitrogens is 3. The van der Waals surface area contributed by atoms with E-state index in [1.807, 2.05) is 25.1 Å². The number of hydrogen-bond donors (Lipinski definition) is 3. The SMILES string of the molecule is C[C@@H](CO)Nc1nc(Nc2cccc(Cl)c2Cl)cc(-c2cccnc2)n1. The van der Waals surface area contributed by atoms with Crippen molar-refractivity contribution in [2.45, 2.75) is 13.0 Å². The third kappa shape index (κ3) is 4.40. The van der Waals surface area contributed by atoms with Gasteiger partial charge in [0.05, 0.1) is 28.0 Å². The summed E-state index contributed by atoms with van der Waals surface area (Å²) in [7, 11) is 0. The predicted molar refractivity (Wildman–Crippen MR) is 105 cm³/mol. The number of benzene rings is 1. The first-order valence-corrected chi connectivity index (χ1v) is 8.70. The molecular formula is C18H17Cl2N5O. The Morgan fingerprint density at radius 2 is 2.00 bits per heavy atom. The van der Waals surface area contributed by atoms with Crippen LogP contribution in [0.4, 0.5) is 17.5 Å². The first kappa shape index (κ1) is 18.4. The Labute approximate surface area is 161 Å². The van der Waals surface area contributed by atoms with Crippen LogP contribution in [0.5, 0.6) is 0 Å². The van der Waals surface area contributed by atoms with E-state index in [9.17, 15) is 5.11 Å². The fraction of sp³-hybridized carbons (Fsp3) is 0.167. The van der Waals surface area contributed by atoms with Crippen molar-refractivity contribution in [3.8, 4) is 11.3 Å². The molecule has 0 amide bonds. The molecule has 6 nitrogen and oxygen atoms in total. The minimum absolute atomic E-state index is 0.0383. The number of hydrogen-bond acceptors (Lipinski definition) is 6. The van der Waals surface area contributed by atoms with Crippen LogP contribution in [-0.2, 0) is 0 Å². The minimum atomic E-state index is -0.193. The third-order valence-corrected chi connectivity index (χ3v) is 4.37. The van der Waals surface area contributed by atoms with Gasteiger partial charge in [-0.2, -0.15) is 4.98 Å². The molecule has 0 aliphatic heterocycles. The first-order chi connectivity index (χ1) is 12.6. The molecule has 1 atom stereocenters. The average molecular weight is 390 g/mol. The number of halogens is 2. The fourth-order valence-electron chi connectivity index (χ4n) is 2.24. The van der Waals surface area contributed by atoms with Crippen LogP contribution >= 0.6 is 23.2 Å². The first-order valence-electron chi connectivity index (χ1n) is 7.94. The van der Waals surface area contributed by atoms with Crippen molar-refractivity contribution >= 4 is 40.7 Å². The summed E-state index contributed by atoms with van der Waals surface area (Å²) in [4.78, 5) is 13.1. The molecule has 134 valence electrons. The van der Waals surface area contributed by atoms with Crippen LogP contribution in [0, 0.1) is 0 Å². The lowest BCUT2D eigenvalue weighted by atomic mass is 10.2. The van der Waals surface area contributed by atoms with Crippen LogP contribution < -0.4 is 10.6 Å². The molecule has 2 aromatic heterocycles. The number of aliphatic hydroxyl groups excluding tert-OH is 1. The molecule has 3 rings (SSSR count). The van der Waals surface area contributed by atoms with Gasteiger partial charge in [-0.05, 0) is 31.2 Å². The third-order valence-electron chi connectivity index (χ3n) is 3.55. The minimum Gasteiger partial charge on any atom is -0.394 e. The molecule has 0 aliphatic carbocycles. The van der Waals surface area contributed by atoms with Crippen LogP contribution in [0.15, 0.2) is 48.8 Å². The molecule has 0 aliphatic rings. The normalized spacial score (nSPS) is 11.8. The number of anilines is 3. The van der Waals surface area contributed by atoms with Gasteiger partial charge in [0.1, 0.15) is 5.82 Å². The Hall–Kier alpha value is -2.41. The summed E-state index contributed by atoms with van der Waals surface area (Å²) in [6.07, 6.45) is 3.42.